The van der Waals surface area contributed by atoms with E-state index in [1.165, 1.54) is 0 Å². The Kier molecular flexibility index (Phi) is 7.18. The molecular weight excluding hydrogens is 426 g/mol. The first-order chi connectivity index (χ1) is 16.4. The van der Waals surface area contributed by atoms with Gasteiger partial charge in [-0.05, 0) is 35.6 Å². The lowest BCUT2D eigenvalue weighted by atomic mass is 9.98. The van der Waals surface area contributed by atoms with Crippen molar-refractivity contribution in [2.75, 3.05) is 6.54 Å². The number of rotatable bonds is 8. The first-order valence-corrected chi connectivity index (χ1v) is 11.5. The normalized spacial score (nSPS) is 12.3. The summed E-state index contributed by atoms with van der Waals surface area (Å²) >= 11 is 0. The van der Waals surface area contributed by atoms with Crippen LogP contribution in [-0.4, -0.2) is 17.4 Å². The number of amides is 1. The van der Waals surface area contributed by atoms with Crippen LogP contribution in [-0.2, 0) is 4.79 Å². The summed E-state index contributed by atoms with van der Waals surface area (Å²) in [5, 5.41) is 6.84. The van der Waals surface area contributed by atoms with E-state index in [0.29, 0.717) is 10.9 Å². The molecule has 1 atom stereocenters. The average Bonchev–Trinajstić information content (AvgIpc) is 2.83. The van der Waals surface area contributed by atoms with Crippen molar-refractivity contribution in [2.24, 2.45) is 5.92 Å². The second-order valence-corrected chi connectivity index (χ2v) is 8.73. The van der Waals surface area contributed by atoms with Crippen LogP contribution in [0, 0.1) is 12.8 Å². The number of nitrogens with one attached hydrogen (secondary N) is 2. The first-order valence-electron chi connectivity index (χ1n) is 11.5. The third kappa shape index (κ3) is 5.24. The molecule has 4 rings (SSSR count). The molecule has 0 fully saturated rings. The second kappa shape index (κ2) is 10.4. The van der Waals surface area contributed by atoms with Crippen LogP contribution in [0.25, 0.3) is 10.9 Å². The zero-order chi connectivity index (χ0) is 24.1. The highest BCUT2D eigenvalue weighted by Gasteiger charge is 2.24. The highest BCUT2D eigenvalue weighted by Crippen LogP contribution is 2.23. The van der Waals surface area contributed by atoms with Crippen molar-refractivity contribution < 1.29 is 9.21 Å². The molecule has 2 N–H and O–H groups in total. The van der Waals surface area contributed by atoms with Crippen LogP contribution in [0.1, 0.15) is 48.5 Å². The number of hydrogen-bond donors (Lipinski definition) is 2. The van der Waals surface area contributed by atoms with Crippen molar-refractivity contribution in [3.63, 3.8) is 0 Å². The molecule has 0 spiro atoms. The van der Waals surface area contributed by atoms with Crippen molar-refractivity contribution >= 4 is 16.8 Å². The molecule has 0 aliphatic heterocycles. The maximum Gasteiger partial charge on any atom is 0.347 e. The molecule has 1 heterocycles. The standard InChI is InChI=1S/C28H29N3O3/c1-18(2)25(27-30-22-16-10-11-19(3)24(22)28(33)34-27)31-23(32)17-29-26(20-12-6-4-7-13-20)21-14-8-5-9-15-21/h4-16,18,25-26,29H,17H2,1-3H3,(H,31,32)/t25-/m0/s1. The summed E-state index contributed by atoms with van der Waals surface area (Å²) in [6.45, 7) is 5.85. The third-order valence-corrected chi connectivity index (χ3v) is 5.86. The van der Waals surface area contributed by atoms with Gasteiger partial charge in [0.15, 0.2) is 0 Å². The molecule has 3 aromatic carbocycles. The fraction of sp³-hybridized carbons (Fsp3) is 0.250. The minimum absolute atomic E-state index is 0.0269. The number of aryl methyl sites for hydroxylation is 1. The third-order valence-electron chi connectivity index (χ3n) is 5.86. The van der Waals surface area contributed by atoms with Crippen molar-refractivity contribution in [3.8, 4) is 0 Å². The van der Waals surface area contributed by atoms with Gasteiger partial charge in [0, 0.05) is 0 Å². The molecule has 1 aromatic heterocycles. The highest BCUT2D eigenvalue weighted by molar-refractivity contribution is 5.81. The van der Waals surface area contributed by atoms with Crippen molar-refractivity contribution in [1.29, 1.82) is 0 Å². The molecule has 0 radical (unpaired) electrons. The van der Waals surface area contributed by atoms with Gasteiger partial charge >= 0.3 is 5.63 Å². The topological polar surface area (TPSA) is 84.2 Å². The van der Waals surface area contributed by atoms with Crippen LogP contribution in [0.3, 0.4) is 0 Å². The van der Waals surface area contributed by atoms with Crippen LogP contribution >= 0.6 is 0 Å². The summed E-state index contributed by atoms with van der Waals surface area (Å²) in [7, 11) is 0. The van der Waals surface area contributed by atoms with Gasteiger partial charge in [-0.3, -0.25) is 10.1 Å². The average molecular weight is 456 g/mol. The fourth-order valence-electron chi connectivity index (χ4n) is 4.08. The van der Waals surface area contributed by atoms with Gasteiger partial charge in [-0.15, -0.1) is 0 Å². The molecular formula is C28H29N3O3. The number of fused-ring (bicyclic) bond motifs is 1. The zero-order valence-corrected chi connectivity index (χ0v) is 19.6. The van der Waals surface area contributed by atoms with Crippen LogP contribution in [0.2, 0.25) is 0 Å². The molecule has 34 heavy (non-hydrogen) atoms. The van der Waals surface area contributed by atoms with E-state index in [4.69, 9.17) is 4.42 Å². The Balaban J connectivity index is 1.53. The minimum Gasteiger partial charge on any atom is -0.406 e. The Bertz CT molecular complexity index is 1280. The van der Waals surface area contributed by atoms with Gasteiger partial charge in [0.25, 0.3) is 0 Å². The van der Waals surface area contributed by atoms with E-state index < -0.39 is 11.7 Å². The van der Waals surface area contributed by atoms with Gasteiger partial charge in [0.1, 0.15) is 6.04 Å². The van der Waals surface area contributed by atoms with E-state index in [0.717, 1.165) is 16.7 Å². The van der Waals surface area contributed by atoms with Crippen LogP contribution in [0.5, 0.6) is 0 Å². The predicted octanol–water partition coefficient (Wildman–Crippen LogP) is 4.69. The largest absolute Gasteiger partial charge is 0.406 e. The van der Waals surface area contributed by atoms with Crippen LogP contribution < -0.4 is 16.3 Å². The highest BCUT2D eigenvalue weighted by atomic mass is 16.4. The number of benzene rings is 3. The Morgan fingerprint density at radius 2 is 1.53 bits per heavy atom. The molecule has 4 aromatic rings. The summed E-state index contributed by atoms with van der Waals surface area (Å²) in [6, 6.07) is 24.8. The minimum atomic E-state index is -0.529. The number of hydrogen-bond acceptors (Lipinski definition) is 5. The van der Waals surface area contributed by atoms with E-state index in [1.54, 1.807) is 6.07 Å². The monoisotopic (exact) mass is 455 g/mol. The maximum absolute atomic E-state index is 13.0. The van der Waals surface area contributed by atoms with E-state index in [2.05, 4.69) is 15.6 Å². The number of carbonyl (C=O) groups is 1. The van der Waals surface area contributed by atoms with E-state index >= 15 is 0 Å². The fourth-order valence-corrected chi connectivity index (χ4v) is 4.08. The van der Waals surface area contributed by atoms with Gasteiger partial charge in [0.05, 0.1) is 23.5 Å². The Morgan fingerprint density at radius 3 is 2.12 bits per heavy atom. The Labute approximate surface area is 199 Å². The summed E-state index contributed by atoms with van der Waals surface area (Å²) in [4.78, 5) is 30.2. The molecule has 6 nitrogen and oxygen atoms in total. The smallest absolute Gasteiger partial charge is 0.347 e. The Hall–Kier alpha value is -3.77. The molecule has 0 aliphatic carbocycles. The summed E-state index contributed by atoms with van der Waals surface area (Å²) < 4.78 is 5.56. The van der Waals surface area contributed by atoms with E-state index in [9.17, 15) is 9.59 Å². The summed E-state index contributed by atoms with van der Waals surface area (Å²) in [6.07, 6.45) is 0. The predicted molar refractivity (Wildman–Crippen MR) is 133 cm³/mol. The van der Waals surface area contributed by atoms with Gasteiger partial charge < -0.3 is 9.73 Å². The van der Waals surface area contributed by atoms with Crippen LogP contribution in [0.4, 0.5) is 0 Å². The molecule has 174 valence electrons. The molecule has 0 saturated carbocycles. The molecule has 0 unspecified atom stereocenters. The number of aromatic nitrogens is 1. The van der Waals surface area contributed by atoms with Crippen molar-refractivity contribution in [2.45, 2.75) is 32.9 Å². The summed E-state index contributed by atoms with van der Waals surface area (Å²) in [5.74, 6) is -0.0145. The van der Waals surface area contributed by atoms with Gasteiger partial charge in [-0.1, -0.05) is 86.6 Å². The van der Waals surface area contributed by atoms with Gasteiger partial charge in [0.2, 0.25) is 11.8 Å². The molecule has 0 aliphatic rings. The molecule has 6 heteroatoms. The summed E-state index contributed by atoms with van der Waals surface area (Å²) in [5.41, 5.74) is 3.08. The van der Waals surface area contributed by atoms with Gasteiger partial charge in [-0.2, -0.15) is 0 Å². The maximum atomic E-state index is 13.0. The van der Waals surface area contributed by atoms with E-state index in [1.807, 2.05) is 93.6 Å². The van der Waals surface area contributed by atoms with Gasteiger partial charge in [-0.25, -0.2) is 9.78 Å². The quantitative estimate of drug-likeness (QED) is 0.403. The molecule has 1 amide bonds. The molecule has 0 saturated heterocycles. The Morgan fingerprint density at radius 1 is 0.912 bits per heavy atom. The second-order valence-electron chi connectivity index (χ2n) is 8.73. The number of carbonyl (C=O) groups excluding carboxylic acids is 1. The lowest BCUT2D eigenvalue weighted by Crippen LogP contribution is -2.40. The zero-order valence-electron chi connectivity index (χ0n) is 19.6. The lowest BCUT2D eigenvalue weighted by Gasteiger charge is -2.23. The first kappa shape index (κ1) is 23.4. The van der Waals surface area contributed by atoms with Crippen LogP contribution in [0.15, 0.2) is 88.1 Å². The van der Waals surface area contributed by atoms with Crippen molar-refractivity contribution in [1.82, 2.24) is 15.6 Å². The molecule has 0 bridgehead atoms. The van der Waals surface area contributed by atoms with Crippen molar-refractivity contribution in [3.05, 3.63) is 112 Å². The number of nitrogens with zero attached hydrogens (tertiary/aromatic N) is 1. The lowest BCUT2D eigenvalue weighted by molar-refractivity contribution is -0.121. The van der Waals surface area contributed by atoms with E-state index in [-0.39, 0.29) is 30.3 Å². The SMILES string of the molecule is Cc1cccc2nc([C@@H](NC(=O)CNC(c3ccccc3)c3ccccc3)C(C)C)oc(=O)c12.